The van der Waals surface area contributed by atoms with E-state index in [9.17, 15) is 4.79 Å². The standard InChI is InChI=1S/C16H12INO2/c1-11(19)15-6-5-14(8-16(15)17)20-10-13-4-2-3-12(7-13)9-18/h2-8H,10H2,1H3. The summed E-state index contributed by atoms with van der Waals surface area (Å²) in [5.74, 6) is 0.754. The third-order valence-corrected chi connectivity index (χ3v) is 3.67. The van der Waals surface area contributed by atoms with Gasteiger partial charge >= 0.3 is 0 Å². The van der Waals surface area contributed by atoms with Gasteiger partial charge < -0.3 is 4.74 Å². The number of nitrogens with zero attached hydrogens (tertiary/aromatic N) is 1. The third kappa shape index (κ3) is 3.58. The summed E-state index contributed by atoms with van der Waals surface area (Å²) in [6.07, 6.45) is 0. The summed E-state index contributed by atoms with van der Waals surface area (Å²) in [6.45, 7) is 1.94. The van der Waals surface area contributed by atoms with Gasteiger partial charge in [0.1, 0.15) is 12.4 Å². The average Bonchev–Trinajstić information content (AvgIpc) is 2.45. The number of rotatable bonds is 4. The molecule has 0 aliphatic carbocycles. The van der Waals surface area contributed by atoms with Crippen molar-refractivity contribution >= 4 is 28.4 Å². The Morgan fingerprint density at radius 2 is 2.10 bits per heavy atom. The van der Waals surface area contributed by atoms with Gasteiger partial charge in [0.25, 0.3) is 0 Å². The second-order valence-electron chi connectivity index (χ2n) is 4.30. The molecule has 0 radical (unpaired) electrons. The summed E-state index contributed by atoms with van der Waals surface area (Å²) in [5, 5.41) is 8.84. The van der Waals surface area contributed by atoms with Gasteiger partial charge in [-0.05, 0) is 65.4 Å². The molecule has 0 aromatic heterocycles. The summed E-state index contributed by atoms with van der Waals surface area (Å²) < 4.78 is 6.56. The van der Waals surface area contributed by atoms with Gasteiger partial charge in [-0.25, -0.2) is 0 Å². The molecule has 0 aliphatic rings. The van der Waals surface area contributed by atoms with Crippen LogP contribution in [0.5, 0.6) is 5.75 Å². The first-order valence-electron chi connectivity index (χ1n) is 6.02. The minimum atomic E-state index is 0.0441. The van der Waals surface area contributed by atoms with Crippen LogP contribution in [0.2, 0.25) is 0 Å². The van der Waals surface area contributed by atoms with E-state index in [-0.39, 0.29) is 5.78 Å². The number of halogens is 1. The van der Waals surface area contributed by atoms with Crippen LogP contribution in [-0.4, -0.2) is 5.78 Å². The van der Waals surface area contributed by atoms with E-state index >= 15 is 0 Å². The van der Waals surface area contributed by atoms with Gasteiger partial charge in [-0.1, -0.05) is 12.1 Å². The molecule has 0 atom stereocenters. The molecule has 0 saturated heterocycles. The van der Waals surface area contributed by atoms with E-state index in [4.69, 9.17) is 10.00 Å². The Balaban J connectivity index is 2.09. The van der Waals surface area contributed by atoms with Crippen molar-refractivity contribution in [3.8, 4) is 11.8 Å². The zero-order valence-electron chi connectivity index (χ0n) is 10.9. The van der Waals surface area contributed by atoms with Crippen LogP contribution in [0.1, 0.15) is 28.4 Å². The Bertz CT molecular complexity index is 689. The fourth-order valence-corrected chi connectivity index (χ4v) is 2.63. The molecule has 0 heterocycles. The van der Waals surface area contributed by atoms with E-state index < -0.39 is 0 Å². The van der Waals surface area contributed by atoms with E-state index in [2.05, 4.69) is 28.7 Å². The smallest absolute Gasteiger partial charge is 0.160 e. The molecule has 0 unspecified atom stereocenters. The number of hydrogen-bond donors (Lipinski definition) is 0. The maximum atomic E-state index is 11.4. The minimum absolute atomic E-state index is 0.0441. The van der Waals surface area contributed by atoms with Crippen LogP contribution in [-0.2, 0) is 6.61 Å². The Hall–Kier alpha value is -1.87. The van der Waals surface area contributed by atoms with Gasteiger partial charge in [-0.3, -0.25) is 4.79 Å². The zero-order valence-corrected chi connectivity index (χ0v) is 13.0. The normalized spacial score (nSPS) is 9.85. The van der Waals surface area contributed by atoms with Gasteiger partial charge in [0, 0.05) is 9.13 Å². The lowest BCUT2D eigenvalue weighted by Crippen LogP contribution is -1.99. The maximum absolute atomic E-state index is 11.4. The fourth-order valence-electron chi connectivity index (χ4n) is 1.77. The van der Waals surface area contributed by atoms with Crippen molar-refractivity contribution in [2.24, 2.45) is 0 Å². The molecule has 0 N–H and O–H groups in total. The Morgan fingerprint density at radius 1 is 1.30 bits per heavy atom. The molecule has 0 spiro atoms. The Morgan fingerprint density at radius 3 is 2.75 bits per heavy atom. The van der Waals surface area contributed by atoms with Crippen molar-refractivity contribution in [1.29, 1.82) is 5.26 Å². The molecule has 2 rings (SSSR count). The van der Waals surface area contributed by atoms with Crippen LogP contribution in [0.4, 0.5) is 0 Å². The summed E-state index contributed by atoms with van der Waals surface area (Å²) >= 11 is 2.12. The molecule has 2 aromatic carbocycles. The summed E-state index contributed by atoms with van der Waals surface area (Å²) in [6, 6.07) is 14.8. The highest BCUT2D eigenvalue weighted by atomic mass is 127. The fraction of sp³-hybridized carbons (Fsp3) is 0.125. The summed E-state index contributed by atoms with van der Waals surface area (Å²) in [5.41, 5.74) is 2.26. The lowest BCUT2D eigenvalue weighted by atomic mass is 10.1. The molecule has 0 saturated carbocycles. The lowest BCUT2D eigenvalue weighted by molar-refractivity contribution is 0.101. The summed E-state index contributed by atoms with van der Waals surface area (Å²) in [4.78, 5) is 11.4. The molecule has 0 aliphatic heterocycles. The zero-order chi connectivity index (χ0) is 14.5. The van der Waals surface area contributed by atoms with Crippen molar-refractivity contribution in [2.75, 3.05) is 0 Å². The van der Waals surface area contributed by atoms with Gasteiger partial charge in [0.15, 0.2) is 5.78 Å². The highest BCUT2D eigenvalue weighted by Gasteiger charge is 2.06. The number of benzene rings is 2. The van der Waals surface area contributed by atoms with E-state index in [1.54, 1.807) is 31.2 Å². The van der Waals surface area contributed by atoms with Crippen LogP contribution >= 0.6 is 22.6 Å². The van der Waals surface area contributed by atoms with Crippen LogP contribution in [0, 0.1) is 14.9 Å². The molecule has 3 nitrogen and oxygen atoms in total. The van der Waals surface area contributed by atoms with Crippen LogP contribution in [0.3, 0.4) is 0 Å². The van der Waals surface area contributed by atoms with E-state index in [1.807, 2.05) is 18.2 Å². The highest BCUT2D eigenvalue weighted by molar-refractivity contribution is 14.1. The molecular formula is C16H12INO2. The summed E-state index contributed by atoms with van der Waals surface area (Å²) in [7, 11) is 0. The van der Waals surface area contributed by atoms with Crippen LogP contribution in [0.25, 0.3) is 0 Å². The molecule has 0 fully saturated rings. The average molecular weight is 377 g/mol. The number of carbonyl (C=O) groups excluding carboxylic acids is 1. The maximum Gasteiger partial charge on any atom is 0.160 e. The van der Waals surface area contributed by atoms with Crippen LogP contribution < -0.4 is 4.74 Å². The van der Waals surface area contributed by atoms with Crippen molar-refractivity contribution in [2.45, 2.75) is 13.5 Å². The predicted molar refractivity (Wildman–Crippen MR) is 84.7 cm³/mol. The van der Waals surface area contributed by atoms with E-state index in [0.29, 0.717) is 23.5 Å². The first kappa shape index (κ1) is 14.5. The number of nitriles is 1. The van der Waals surface area contributed by atoms with Crippen molar-refractivity contribution in [1.82, 2.24) is 0 Å². The van der Waals surface area contributed by atoms with Crippen LogP contribution in [0.15, 0.2) is 42.5 Å². The van der Waals surface area contributed by atoms with E-state index in [0.717, 1.165) is 9.13 Å². The molecular weight excluding hydrogens is 365 g/mol. The molecule has 0 bridgehead atoms. The highest BCUT2D eigenvalue weighted by Crippen LogP contribution is 2.21. The molecule has 4 heteroatoms. The molecule has 2 aromatic rings. The number of ether oxygens (including phenoxy) is 1. The first-order valence-corrected chi connectivity index (χ1v) is 7.10. The predicted octanol–water partition coefficient (Wildman–Crippen LogP) is 3.94. The van der Waals surface area contributed by atoms with Gasteiger partial charge in [0.05, 0.1) is 11.6 Å². The number of Topliss-reactive ketones (excluding diaryl/α,β-unsaturated/α-hetero) is 1. The second kappa shape index (κ2) is 6.53. The number of ketones is 1. The van der Waals surface area contributed by atoms with Crippen molar-refractivity contribution < 1.29 is 9.53 Å². The SMILES string of the molecule is CC(=O)c1ccc(OCc2cccc(C#N)c2)cc1I. The topological polar surface area (TPSA) is 50.1 Å². The molecule has 100 valence electrons. The Kier molecular flexibility index (Phi) is 4.74. The number of hydrogen-bond acceptors (Lipinski definition) is 3. The van der Waals surface area contributed by atoms with Gasteiger partial charge in [-0.2, -0.15) is 5.26 Å². The quantitative estimate of drug-likeness (QED) is 0.599. The molecule has 0 amide bonds. The van der Waals surface area contributed by atoms with Crippen molar-refractivity contribution in [3.05, 3.63) is 62.7 Å². The second-order valence-corrected chi connectivity index (χ2v) is 5.46. The molecule has 20 heavy (non-hydrogen) atoms. The Labute approximate surface area is 131 Å². The number of carbonyl (C=O) groups is 1. The first-order chi connectivity index (χ1) is 9.60. The van der Waals surface area contributed by atoms with E-state index in [1.165, 1.54) is 0 Å². The minimum Gasteiger partial charge on any atom is -0.489 e. The van der Waals surface area contributed by atoms with Gasteiger partial charge in [0.2, 0.25) is 0 Å². The van der Waals surface area contributed by atoms with Gasteiger partial charge in [-0.15, -0.1) is 0 Å². The van der Waals surface area contributed by atoms with Crippen molar-refractivity contribution in [3.63, 3.8) is 0 Å². The largest absolute Gasteiger partial charge is 0.489 e. The monoisotopic (exact) mass is 377 g/mol. The lowest BCUT2D eigenvalue weighted by Gasteiger charge is -2.08. The third-order valence-electron chi connectivity index (χ3n) is 2.78.